The van der Waals surface area contributed by atoms with Crippen molar-refractivity contribution in [3.63, 3.8) is 0 Å². The molecule has 0 amide bonds. The molecule has 0 heterocycles. The maximum absolute atomic E-state index is 12.0. The lowest BCUT2D eigenvalue weighted by atomic mass is 9.41. The van der Waals surface area contributed by atoms with Gasteiger partial charge in [-0.2, -0.15) is 0 Å². The molecular formula is C38H52O3. The summed E-state index contributed by atoms with van der Waals surface area (Å²) in [6, 6.07) is 21.4. The summed E-state index contributed by atoms with van der Waals surface area (Å²) in [5.74, 6) is 2.40. The lowest BCUT2D eigenvalue weighted by Gasteiger charge is -2.65. The number of aliphatic hydroxyl groups excluding tert-OH is 3. The van der Waals surface area contributed by atoms with E-state index in [4.69, 9.17) is 0 Å². The van der Waals surface area contributed by atoms with Gasteiger partial charge in [-0.15, -0.1) is 0 Å². The highest BCUT2D eigenvalue weighted by molar-refractivity contribution is 5.79. The number of rotatable bonds is 6. The first-order valence-electron chi connectivity index (χ1n) is 16.5. The Morgan fingerprint density at radius 2 is 1.49 bits per heavy atom. The van der Waals surface area contributed by atoms with Crippen molar-refractivity contribution in [3.05, 3.63) is 77.9 Å². The molecule has 4 saturated carbocycles. The van der Waals surface area contributed by atoms with Crippen molar-refractivity contribution in [1.82, 2.24) is 0 Å². The summed E-state index contributed by atoms with van der Waals surface area (Å²) < 4.78 is 0. The molecule has 4 aliphatic carbocycles. The van der Waals surface area contributed by atoms with Crippen molar-refractivity contribution in [2.45, 2.75) is 97.4 Å². The van der Waals surface area contributed by atoms with Gasteiger partial charge in [-0.1, -0.05) is 101 Å². The van der Waals surface area contributed by atoms with Crippen molar-refractivity contribution in [2.24, 2.45) is 52.3 Å². The Balaban J connectivity index is 1.29. The highest BCUT2D eigenvalue weighted by Gasteiger charge is 2.67. The monoisotopic (exact) mass is 556 g/mol. The summed E-state index contributed by atoms with van der Waals surface area (Å²) in [6.45, 7) is 9.45. The largest absolute Gasteiger partial charge is 0.393 e. The molecule has 0 spiro atoms. The van der Waals surface area contributed by atoms with Gasteiger partial charge in [0.05, 0.1) is 18.3 Å². The molecular weight excluding hydrogens is 504 g/mol. The van der Waals surface area contributed by atoms with E-state index in [9.17, 15) is 15.3 Å². The Hall–Kier alpha value is -1.94. The van der Waals surface area contributed by atoms with Crippen LogP contribution in [0.15, 0.2) is 66.7 Å². The zero-order chi connectivity index (χ0) is 28.9. The number of benzene rings is 2. The van der Waals surface area contributed by atoms with E-state index in [1.54, 1.807) is 0 Å². The van der Waals surface area contributed by atoms with Crippen molar-refractivity contribution in [1.29, 1.82) is 0 Å². The number of allylic oxidation sites excluding steroid dienone is 1. The second-order valence-electron chi connectivity index (χ2n) is 14.8. The third kappa shape index (κ3) is 4.75. The lowest BCUT2D eigenvalue weighted by Crippen LogP contribution is -2.65. The molecule has 2 aromatic carbocycles. The van der Waals surface area contributed by atoms with Crippen LogP contribution in [0.25, 0.3) is 5.57 Å². The van der Waals surface area contributed by atoms with Crippen LogP contribution in [0.4, 0.5) is 0 Å². The molecule has 6 rings (SSSR count). The molecule has 41 heavy (non-hydrogen) atoms. The zero-order valence-corrected chi connectivity index (χ0v) is 25.6. The fourth-order valence-corrected chi connectivity index (χ4v) is 11.0. The summed E-state index contributed by atoms with van der Waals surface area (Å²) in [5.41, 5.74) is 3.70. The Bertz CT molecular complexity index is 1170. The SMILES string of the molecule is CC[C@H]1C(O)C2C3CC[C@H]([C@H](C)CC=C(c4ccccc4)c4ccccc4)[C@@]3(C)[C@@H](O)CC2[C@@]2(C)CC[C@@H](O)C[C@@H]12. The van der Waals surface area contributed by atoms with Crippen molar-refractivity contribution in [2.75, 3.05) is 0 Å². The van der Waals surface area contributed by atoms with Gasteiger partial charge in [-0.3, -0.25) is 0 Å². The highest BCUT2D eigenvalue weighted by atomic mass is 16.3. The van der Waals surface area contributed by atoms with Crippen LogP contribution in [0, 0.1) is 52.3 Å². The minimum absolute atomic E-state index is 0.0961. The maximum Gasteiger partial charge on any atom is 0.0605 e. The minimum Gasteiger partial charge on any atom is -0.393 e. The molecule has 3 nitrogen and oxygen atoms in total. The summed E-state index contributed by atoms with van der Waals surface area (Å²) >= 11 is 0. The molecule has 0 aromatic heterocycles. The second-order valence-corrected chi connectivity index (χ2v) is 14.8. The van der Waals surface area contributed by atoms with E-state index in [1.165, 1.54) is 16.7 Å². The first-order valence-corrected chi connectivity index (χ1v) is 16.5. The molecule has 3 N–H and O–H groups in total. The Morgan fingerprint density at radius 1 is 0.854 bits per heavy atom. The molecule has 0 aliphatic heterocycles. The molecule has 222 valence electrons. The summed E-state index contributed by atoms with van der Waals surface area (Å²) in [7, 11) is 0. The second kappa shape index (κ2) is 11.3. The van der Waals surface area contributed by atoms with Crippen LogP contribution in [-0.4, -0.2) is 33.6 Å². The van der Waals surface area contributed by atoms with Crippen molar-refractivity contribution in [3.8, 4) is 0 Å². The van der Waals surface area contributed by atoms with Gasteiger partial charge in [-0.25, -0.2) is 0 Å². The third-order valence-corrected chi connectivity index (χ3v) is 13.1. The number of hydrogen-bond acceptors (Lipinski definition) is 3. The van der Waals surface area contributed by atoms with Crippen molar-refractivity contribution >= 4 is 5.57 Å². The predicted octanol–water partition coefficient (Wildman–Crippen LogP) is 7.74. The molecule has 4 unspecified atom stereocenters. The summed E-state index contributed by atoms with van der Waals surface area (Å²) in [5, 5.41) is 34.7. The van der Waals surface area contributed by atoms with E-state index in [1.807, 2.05) is 0 Å². The van der Waals surface area contributed by atoms with Crippen molar-refractivity contribution < 1.29 is 15.3 Å². The smallest absolute Gasteiger partial charge is 0.0605 e. The summed E-state index contributed by atoms with van der Waals surface area (Å²) in [4.78, 5) is 0. The quantitative estimate of drug-likeness (QED) is 0.341. The Labute approximate surface area is 248 Å². The van der Waals surface area contributed by atoms with Gasteiger partial charge in [0.2, 0.25) is 0 Å². The highest BCUT2D eigenvalue weighted by Crippen LogP contribution is 2.69. The van der Waals surface area contributed by atoms with E-state index in [-0.39, 0.29) is 41.0 Å². The maximum atomic E-state index is 12.0. The Kier molecular flexibility index (Phi) is 8.02. The van der Waals surface area contributed by atoms with Crippen LogP contribution in [-0.2, 0) is 0 Å². The zero-order valence-electron chi connectivity index (χ0n) is 25.6. The average Bonchev–Trinajstić information content (AvgIpc) is 3.34. The van der Waals surface area contributed by atoms with Gasteiger partial charge in [0.1, 0.15) is 0 Å². The van der Waals surface area contributed by atoms with Gasteiger partial charge in [0.15, 0.2) is 0 Å². The van der Waals surface area contributed by atoms with Crippen LogP contribution < -0.4 is 0 Å². The van der Waals surface area contributed by atoms with E-state index in [0.29, 0.717) is 29.6 Å². The van der Waals surface area contributed by atoms with Crippen LogP contribution in [0.3, 0.4) is 0 Å². The first-order chi connectivity index (χ1) is 19.7. The molecule has 2 aromatic rings. The average molecular weight is 557 g/mol. The normalized spacial score (nSPS) is 42.5. The molecule has 0 radical (unpaired) electrons. The first kappa shape index (κ1) is 29.1. The predicted molar refractivity (Wildman–Crippen MR) is 167 cm³/mol. The number of aliphatic hydroxyl groups is 3. The van der Waals surface area contributed by atoms with E-state index >= 15 is 0 Å². The molecule has 0 saturated heterocycles. The van der Waals surface area contributed by atoms with Gasteiger partial charge in [0.25, 0.3) is 0 Å². The summed E-state index contributed by atoms with van der Waals surface area (Å²) in [6.07, 6.45) is 9.18. The van der Waals surface area contributed by atoms with Crippen LogP contribution in [0.1, 0.15) is 90.2 Å². The number of fused-ring (bicyclic) bond motifs is 5. The molecule has 0 bridgehead atoms. The van der Waals surface area contributed by atoms with Gasteiger partial charge in [0, 0.05) is 0 Å². The standard InChI is InChI=1S/C38H52O3/c1-5-28-32-22-27(39)20-21-37(32,3)33-23-34(40)38(4)30(18-19-31(38)35(33)36(28)41)24(2)16-17-29(25-12-8-6-9-13-25)26-14-10-7-11-15-26/h6-15,17,24,27-28,30-36,39-41H,5,16,18-23H2,1-4H3/t24-,27-,28-,30-,31?,32+,33?,34+,35?,36?,37+,38-/m1/s1. The molecule has 3 heteroatoms. The van der Waals surface area contributed by atoms with Gasteiger partial charge in [-0.05, 0) is 114 Å². The minimum atomic E-state index is -0.343. The molecule has 12 atom stereocenters. The van der Waals surface area contributed by atoms with E-state index < -0.39 is 0 Å². The Morgan fingerprint density at radius 3 is 2.10 bits per heavy atom. The van der Waals surface area contributed by atoms with Crippen LogP contribution in [0.2, 0.25) is 0 Å². The fraction of sp³-hybridized carbons (Fsp3) is 0.632. The lowest BCUT2D eigenvalue weighted by molar-refractivity contribution is -0.228. The van der Waals surface area contributed by atoms with Gasteiger partial charge >= 0.3 is 0 Å². The fourth-order valence-electron chi connectivity index (χ4n) is 11.0. The van der Waals surface area contributed by atoms with E-state index in [0.717, 1.165) is 51.4 Å². The van der Waals surface area contributed by atoms with Gasteiger partial charge < -0.3 is 15.3 Å². The third-order valence-electron chi connectivity index (χ3n) is 13.1. The van der Waals surface area contributed by atoms with Crippen LogP contribution >= 0.6 is 0 Å². The van der Waals surface area contributed by atoms with Crippen LogP contribution in [0.5, 0.6) is 0 Å². The topological polar surface area (TPSA) is 60.7 Å². The molecule has 4 fully saturated rings. The number of hydrogen-bond donors (Lipinski definition) is 3. The van der Waals surface area contributed by atoms with E-state index in [2.05, 4.69) is 94.4 Å². The molecule has 4 aliphatic rings.